The van der Waals surface area contributed by atoms with E-state index in [4.69, 9.17) is 20.6 Å². The van der Waals surface area contributed by atoms with Gasteiger partial charge in [-0.3, -0.25) is 10.4 Å². The van der Waals surface area contributed by atoms with Crippen molar-refractivity contribution < 1.29 is 9.47 Å². The third-order valence-electron chi connectivity index (χ3n) is 2.81. The van der Waals surface area contributed by atoms with Crippen molar-refractivity contribution in [1.82, 2.24) is 4.98 Å². The van der Waals surface area contributed by atoms with Crippen LogP contribution in [0.25, 0.3) is 0 Å². The highest BCUT2D eigenvalue weighted by atomic mass is 16.5. The molecule has 1 heterocycles. The highest BCUT2D eigenvalue weighted by Gasteiger charge is 2.06. The molecule has 0 aliphatic heterocycles. The molecule has 20 heavy (non-hydrogen) atoms. The molecule has 2 rings (SSSR count). The van der Waals surface area contributed by atoms with Crippen molar-refractivity contribution in [1.29, 1.82) is 5.41 Å². The van der Waals surface area contributed by atoms with Gasteiger partial charge in [-0.15, -0.1) is 0 Å². The second kappa shape index (κ2) is 6.68. The lowest BCUT2D eigenvalue weighted by Crippen LogP contribution is -2.16. The first-order valence-electron chi connectivity index (χ1n) is 6.19. The number of hydrogen-bond acceptors (Lipinski definition) is 4. The zero-order valence-corrected chi connectivity index (χ0v) is 11.3. The third kappa shape index (κ3) is 3.55. The Morgan fingerprint density at radius 3 is 2.85 bits per heavy atom. The van der Waals surface area contributed by atoms with Crippen molar-refractivity contribution >= 4 is 5.84 Å². The molecule has 0 fully saturated rings. The lowest BCUT2D eigenvalue weighted by atomic mass is 10.2. The standard InChI is InChI=1S/C15H17N3O2/c1-19-13-6-2-4-11(8-13)9-20-10-12-5-3-7-18-14(12)15(16)17/h2-8H,9-10H2,1H3,(H3,16,17). The number of benzene rings is 1. The summed E-state index contributed by atoms with van der Waals surface area (Å²) in [6.07, 6.45) is 1.61. The first-order valence-corrected chi connectivity index (χ1v) is 6.19. The first kappa shape index (κ1) is 14.0. The monoisotopic (exact) mass is 271 g/mol. The van der Waals surface area contributed by atoms with Crippen LogP contribution in [0.4, 0.5) is 0 Å². The molecule has 0 aliphatic rings. The molecule has 2 aromatic rings. The first-order chi connectivity index (χ1) is 9.70. The van der Waals surface area contributed by atoms with Crippen LogP contribution >= 0.6 is 0 Å². The van der Waals surface area contributed by atoms with Crippen LogP contribution in [-0.4, -0.2) is 17.9 Å². The lowest BCUT2D eigenvalue weighted by molar-refractivity contribution is 0.106. The number of nitrogens with zero attached hydrogens (tertiary/aromatic N) is 1. The molecule has 0 unspecified atom stereocenters. The maximum absolute atomic E-state index is 7.47. The molecule has 0 saturated heterocycles. The van der Waals surface area contributed by atoms with Crippen LogP contribution in [0.2, 0.25) is 0 Å². The van der Waals surface area contributed by atoms with Gasteiger partial charge in [-0.2, -0.15) is 0 Å². The maximum atomic E-state index is 7.47. The molecular weight excluding hydrogens is 254 g/mol. The Balaban J connectivity index is 1.97. The minimum absolute atomic E-state index is 0.0504. The molecule has 0 radical (unpaired) electrons. The van der Waals surface area contributed by atoms with E-state index in [2.05, 4.69) is 4.98 Å². The van der Waals surface area contributed by atoms with Gasteiger partial charge in [0.25, 0.3) is 0 Å². The summed E-state index contributed by atoms with van der Waals surface area (Å²) in [4.78, 5) is 4.08. The Bertz CT molecular complexity index is 599. The highest BCUT2D eigenvalue weighted by Crippen LogP contribution is 2.14. The number of aromatic nitrogens is 1. The third-order valence-corrected chi connectivity index (χ3v) is 2.81. The molecule has 0 bridgehead atoms. The van der Waals surface area contributed by atoms with E-state index in [1.807, 2.05) is 30.3 Å². The molecule has 0 atom stereocenters. The molecule has 1 aromatic heterocycles. The Labute approximate surface area is 117 Å². The topological polar surface area (TPSA) is 81.2 Å². The van der Waals surface area contributed by atoms with Crippen molar-refractivity contribution in [3.8, 4) is 5.75 Å². The number of ether oxygens (including phenoxy) is 2. The number of nitrogens with one attached hydrogen (secondary N) is 1. The molecule has 0 aliphatic carbocycles. The minimum atomic E-state index is -0.0504. The summed E-state index contributed by atoms with van der Waals surface area (Å²) in [5.74, 6) is 0.752. The van der Waals surface area contributed by atoms with Crippen molar-refractivity contribution in [2.75, 3.05) is 7.11 Å². The lowest BCUT2D eigenvalue weighted by Gasteiger charge is -2.09. The van der Waals surface area contributed by atoms with Gasteiger partial charge in [-0.05, 0) is 23.8 Å². The fourth-order valence-corrected chi connectivity index (χ4v) is 1.84. The molecule has 0 amide bonds. The summed E-state index contributed by atoms with van der Waals surface area (Å²) >= 11 is 0. The summed E-state index contributed by atoms with van der Waals surface area (Å²) in [6, 6.07) is 11.4. The van der Waals surface area contributed by atoms with Crippen molar-refractivity contribution in [3.05, 3.63) is 59.4 Å². The van der Waals surface area contributed by atoms with E-state index in [1.54, 1.807) is 19.4 Å². The van der Waals surface area contributed by atoms with Crippen LogP contribution in [0.3, 0.4) is 0 Å². The fourth-order valence-electron chi connectivity index (χ4n) is 1.84. The summed E-state index contributed by atoms with van der Waals surface area (Å²) in [7, 11) is 1.63. The van der Waals surface area contributed by atoms with Gasteiger partial charge in [-0.25, -0.2) is 0 Å². The summed E-state index contributed by atoms with van der Waals surface area (Å²) < 4.78 is 10.8. The molecular formula is C15H17N3O2. The van der Waals surface area contributed by atoms with Crippen molar-refractivity contribution in [3.63, 3.8) is 0 Å². The second-order valence-corrected chi connectivity index (χ2v) is 4.27. The van der Waals surface area contributed by atoms with Crippen molar-refractivity contribution in [2.24, 2.45) is 5.73 Å². The molecule has 104 valence electrons. The number of hydrogen-bond donors (Lipinski definition) is 2. The quantitative estimate of drug-likeness (QED) is 0.622. The van der Waals surface area contributed by atoms with Gasteiger partial charge in [0.1, 0.15) is 17.3 Å². The van der Waals surface area contributed by atoms with Crippen LogP contribution in [0.5, 0.6) is 5.75 Å². The molecule has 0 saturated carbocycles. The van der Waals surface area contributed by atoms with E-state index in [-0.39, 0.29) is 5.84 Å². The largest absolute Gasteiger partial charge is 0.497 e. The van der Waals surface area contributed by atoms with Crippen LogP contribution in [0, 0.1) is 5.41 Å². The van der Waals surface area contributed by atoms with E-state index < -0.39 is 0 Å². The van der Waals surface area contributed by atoms with Gasteiger partial charge >= 0.3 is 0 Å². The van der Waals surface area contributed by atoms with Gasteiger partial charge < -0.3 is 15.2 Å². The SMILES string of the molecule is COc1cccc(COCc2cccnc2C(=N)N)c1. The van der Waals surface area contributed by atoms with Crippen LogP contribution < -0.4 is 10.5 Å². The maximum Gasteiger partial charge on any atom is 0.142 e. The van der Waals surface area contributed by atoms with Crippen LogP contribution in [0.15, 0.2) is 42.6 Å². The van der Waals surface area contributed by atoms with Gasteiger partial charge in [-0.1, -0.05) is 18.2 Å². The Kier molecular flexibility index (Phi) is 4.68. The van der Waals surface area contributed by atoms with Gasteiger partial charge in [0.05, 0.1) is 20.3 Å². The molecule has 3 N–H and O–H groups in total. The highest BCUT2D eigenvalue weighted by molar-refractivity contribution is 5.94. The van der Waals surface area contributed by atoms with Gasteiger partial charge in [0.2, 0.25) is 0 Å². The van der Waals surface area contributed by atoms with E-state index >= 15 is 0 Å². The number of nitrogens with two attached hydrogens (primary N) is 1. The summed E-state index contributed by atoms with van der Waals surface area (Å²) in [5, 5.41) is 7.47. The predicted octanol–water partition coefficient (Wildman–Crippen LogP) is 2.09. The van der Waals surface area contributed by atoms with Crippen molar-refractivity contribution in [2.45, 2.75) is 13.2 Å². The number of pyridine rings is 1. The van der Waals surface area contributed by atoms with E-state index in [0.717, 1.165) is 16.9 Å². The average molecular weight is 271 g/mol. The van der Waals surface area contributed by atoms with Gasteiger partial charge in [0, 0.05) is 11.8 Å². The van der Waals surface area contributed by atoms with E-state index in [0.29, 0.717) is 18.9 Å². The smallest absolute Gasteiger partial charge is 0.142 e. The fraction of sp³-hybridized carbons (Fsp3) is 0.200. The second-order valence-electron chi connectivity index (χ2n) is 4.27. The van der Waals surface area contributed by atoms with E-state index in [9.17, 15) is 0 Å². The normalized spacial score (nSPS) is 10.2. The minimum Gasteiger partial charge on any atom is -0.497 e. The van der Waals surface area contributed by atoms with Crippen LogP contribution in [-0.2, 0) is 18.0 Å². The van der Waals surface area contributed by atoms with Crippen LogP contribution in [0.1, 0.15) is 16.8 Å². The summed E-state index contributed by atoms with van der Waals surface area (Å²) in [6.45, 7) is 0.823. The molecule has 5 nitrogen and oxygen atoms in total. The number of nitrogen functional groups attached to an aromatic ring is 1. The van der Waals surface area contributed by atoms with Gasteiger partial charge in [0.15, 0.2) is 0 Å². The number of methoxy groups -OCH3 is 1. The number of amidine groups is 1. The Morgan fingerprint density at radius 2 is 2.10 bits per heavy atom. The summed E-state index contributed by atoms with van der Waals surface area (Å²) in [5.41, 5.74) is 7.79. The molecule has 1 aromatic carbocycles. The number of rotatable bonds is 6. The zero-order chi connectivity index (χ0) is 14.4. The Morgan fingerprint density at radius 1 is 1.25 bits per heavy atom. The van der Waals surface area contributed by atoms with E-state index in [1.165, 1.54) is 0 Å². The predicted molar refractivity (Wildman–Crippen MR) is 76.7 cm³/mol. The Hall–Kier alpha value is -2.40. The molecule has 0 spiro atoms. The average Bonchev–Trinajstić information content (AvgIpc) is 2.48. The molecule has 5 heteroatoms. The zero-order valence-electron chi connectivity index (χ0n) is 11.3.